The van der Waals surface area contributed by atoms with Crippen molar-refractivity contribution in [2.45, 2.75) is 13.1 Å². The van der Waals surface area contributed by atoms with E-state index in [1.54, 1.807) is 0 Å². The summed E-state index contributed by atoms with van der Waals surface area (Å²) in [6.07, 6.45) is -3.59. The SMILES string of the molecule is C=C(/C=C(\C)Cl)C(F)(F)F. The zero-order chi connectivity index (χ0) is 8.36. The highest BCUT2D eigenvalue weighted by molar-refractivity contribution is 6.29. The number of rotatable bonds is 1. The summed E-state index contributed by atoms with van der Waals surface area (Å²) in [6.45, 7) is 4.14. The molecule has 0 aromatic heterocycles. The van der Waals surface area contributed by atoms with Crippen LogP contribution in [0.3, 0.4) is 0 Å². The molecule has 0 atom stereocenters. The van der Waals surface area contributed by atoms with Crippen LogP contribution in [0.4, 0.5) is 13.2 Å². The van der Waals surface area contributed by atoms with Gasteiger partial charge in [0.1, 0.15) is 0 Å². The minimum Gasteiger partial charge on any atom is -0.166 e. The van der Waals surface area contributed by atoms with Crippen molar-refractivity contribution in [3.63, 3.8) is 0 Å². The molecular formula is C6H6ClF3. The lowest BCUT2D eigenvalue weighted by Crippen LogP contribution is -2.08. The van der Waals surface area contributed by atoms with Gasteiger partial charge in [0.15, 0.2) is 0 Å². The summed E-state index contributed by atoms with van der Waals surface area (Å²) in [7, 11) is 0. The molecule has 58 valence electrons. The van der Waals surface area contributed by atoms with Crippen LogP contribution in [0.2, 0.25) is 0 Å². The first-order valence-corrected chi connectivity index (χ1v) is 2.81. The second-order valence-corrected chi connectivity index (χ2v) is 2.35. The highest BCUT2D eigenvalue weighted by atomic mass is 35.5. The molecule has 0 amide bonds. The molecule has 0 aromatic rings. The highest BCUT2D eigenvalue weighted by Gasteiger charge is 2.29. The summed E-state index contributed by atoms with van der Waals surface area (Å²) >= 11 is 5.18. The van der Waals surface area contributed by atoms with E-state index in [4.69, 9.17) is 11.6 Å². The fourth-order valence-electron chi connectivity index (χ4n) is 0.322. The lowest BCUT2D eigenvalue weighted by atomic mass is 10.3. The Kier molecular flexibility index (Phi) is 2.96. The summed E-state index contributed by atoms with van der Waals surface area (Å²) < 4.78 is 34.8. The lowest BCUT2D eigenvalue weighted by Gasteiger charge is -2.04. The van der Waals surface area contributed by atoms with E-state index in [9.17, 15) is 13.2 Å². The van der Waals surface area contributed by atoms with Crippen LogP contribution in [0.25, 0.3) is 0 Å². The van der Waals surface area contributed by atoms with Crippen molar-refractivity contribution in [1.29, 1.82) is 0 Å². The van der Waals surface area contributed by atoms with Gasteiger partial charge in [0.25, 0.3) is 0 Å². The van der Waals surface area contributed by atoms with Crippen LogP contribution in [-0.2, 0) is 0 Å². The van der Waals surface area contributed by atoms with Gasteiger partial charge in [-0.3, -0.25) is 0 Å². The summed E-state index contributed by atoms with van der Waals surface area (Å²) in [5, 5.41) is 0.0716. The number of allylic oxidation sites excluding steroid dienone is 3. The molecule has 0 aliphatic carbocycles. The molecule has 0 spiro atoms. The fourth-order valence-corrected chi connectivity index (χ4v) is 0.454. The van der Waals surface area contributed by atoms with Crippen molar-refractivity contribution >= 4 is 11.6 Å². The van der Waals surface area contributed by atoms with Crippen LogP contribution in [-0.4, -0.2) is 6.18 Å². The molecule has 0 aliphatic rings. The maximum Gasteiger partial charge on any atom is 0.415 e. The minimum absolute atomic E-state index is 0.0716. The largest absolute Gasteiger partial charge is 0.415 e. The number of halogens is 4. The molecule has 4 heteroatoms. The first kappa shape index (κ1) is 9.56. The van der Waals surface area contributed by atoms with Gasteiger partial charge in [0.2, 0.25) is 0 Å². The molecule has 0 fully saturated rings. The molecule has 0 saturated carbocycles. The predicted molar refractivity (Wildman–Crippen MR) is 34.8 cm³/mol. The van der Waals surface area contributed by atoms with Gasteiger partial charge in [-0.25, -0.2) is 0 Å². The molecule has 10 heavy (non-hydrogen) atoms. The Morgan fingerprint density at radius 2 is 1.90 bits per heavy atom. The average molecular weight is 171 g/mol. The maximum absolute atomic E-state index is 11.6. The minimum atomic E-state index is -4.36. The first-order valence-electron chi connectivity index (χ1n) is 2.44. The Hall–Kier alpha value is -0.440. The van der Waals surface area contributed by atoms with Gasteiger partial charge in [0, 0.05) is 10.6 Å². The summed E-state index contributed by atoms with van der Waals surface area (Å²) in [5.74, 6) is 0. The van der Waals surface area contributed by atoms with Crippen LogP contribution in [0.15, 0.2) is 23.3 Å². The topological polar surface area (TPSA) is 0 Å². The van der Waals surface area contributed by atoms with Crippen molar-refractivity contribution < 1.29 is 13.2 Å². The quantitative estimate of drug-likeness (QED) is 0.530. The zero-order valence-corrected chi connectivity index (χ0v) is 6.05. The van der Waals surface area contributed by atoms with Crippen molar-refractivity contribution in [3.8, 4) is 0 Å². The Morgan fingerprint density at radius 1 is 1.50 bits per heavy atom. The average Bonchev–Trinajstić information content (AvgIpc) is 1.60. The van der Waals surface area contributed by atoms with Crippen LogP contribution in [0.1, 0.15) is 6.92 Å². The van der Waals surface area contributed by atoms with Gasteiger partial charge in [-0.15, -0.1) is 0 Å². The Morgan fingerprint density at radius 3 is 2.00 bits per heavy atom. The molecule has 0 nitrogen and oxygen atoms in total. The molecule has 0 unspecified atom stereocenters. The van der Waals surface area contributed by atoms with E-state index in [1.807, 2.05) is 0 Å². The number of hydrogen-bond donors (Lipinski definition) is 0. The fraction of sp³-hybridized carbons (Fsp3) is 0.333. The molecular weight excluding hydrogens is 165 g/mol. The Bertz CT molecular complexity index is 162. The van der Waals surface area contributed by atoms with Gasteiger partial charge in [0.05, 0.1) is 0 Å². The Labute approximate surface area is 62.0 Å². The second kappa shape index (κ2) is 3.10. The highest BCUT2D eigenvalue weighted by Crippen LogP contribution is 2.26. The molecule has 0 heterocycles. The number of hydrogen-bond acceptors (Lipinski definition) is 0. The summed E-state index contributed by atoms with van der Waals surface area (Å²) in [6, 6.07) is 0. The molecule has 0 aromatic carbocycles. The van der Waals surface area contributed by atoms with E-state index in [0.29, 0.717) is 0 Å². The first-order chi connectivity index (χ1) is 4.34. The van der Waals surface area contributed by atoms with Crippen LogP contribution < -0.4 is 0 Å². The van der Waals surface area contributed by atoms with E-state index in [-0.39, 0.29) is 5.03 Å². The van der Waals surface area contributed by atoms with Crippen LogP contribution in [0.5, 0.6) is 0 Å². The Balaban J connectivity index is 4.27. The molecule has 0 N–H and O–H groups in total. The molecule has 0 bridgehead atoms. The lowest BCUT2D eigenvalue weighted by molar-refractivity contribution is -0.0878. The third-order valence-electron chi connectivity index (χ3n) is 0.737. The maximum atomic E-state index is 11.6. The zero-order valence-electron chi connectivity index (χ0n) is 5.30. The second-order valence-electron chi connectivity index (χ2n) is 1.75. The van der Waals surface area contributed by atoms with Crippen LogP contribution >= 0.6 is 11.6 Å². The predicted octanol–water partition coefficient (Wildman–Crippen LogP) is 3.25. The molecule has 0 saturated heterocycles. The standard InChI is InChI=1S/C6H6ClF3/c1-4(3-5(2)7)6(8,9)10/h3H,1H2,2H3/b5-3+. The monoisotopic (exact) mass is 170 g/mol. The van der Waals surface area contributed by atoms with Gasteiger partial charge in [-0.1, -0.05) is 18.2 Å². The number of alkyl halides is 3. The van der Waals surface area contributed by atoms with Gasteiger partial charge < -0.3 is 0 Å². The van der Waals surface area contributed by atoms with Crippen LogP contribution in [0, 0.1) is 0 Å². The third-order valence-corrected chi connectivity index (χ3v) is 0.846. The van der Waals surface area contributed by atoms with Crippen molar-refractivity contribution in [2.24, 2.45) is 0 Å². The van der Waals surface area contributed by atoms with Crippen molar-refractivity contribution in [3.05, 3.63) is 23.3 Å². The normalized spacial score (nSPS) is 13.5. The summed E-state index contributed by atoms with van der Waals surface area (Å²) in [5.41, 5.74) is -0.931. The summed E-state index contributed by atoms with van der Waals surface area (Å²) in [4.78, 5) is 0. The van der Waals surface area contributed by atoms with Gasteiger partial charge >= 0.3 is 6.18 Å². The van der Waals surface area contributed by atoms with Gasteiger partial charge in [-0.2, -0.15) is 13.2 Å². The molecule has 0 radical (unpaired) electrons. The third kappa shape index (κ3) is 3.56. The van der Waals surface area contributed by atoms with Gasteiger partial charge in [-0.05, 0) is 13.0 Å². The van der Waals surface area contributed by atoms with E-state index >= 15 is 0 Å². The van der Waals surface area contributed by atoms with Crippen molar-refractivity contribution in [2.75, 3.05) is 0 Å². The smallest absolute Gasteiger partial charge is 0.166 e. The van der Waals surface area contributed by atoms with E-state index in [2.05, 4.69) is 6.58 Å². The van der Waals surface area contributed by atoms with E-state index in [0.717, 1.165) is 6.08 Å². The van der Waals surface area contributed by atoms with Crippen molar-refractivity contribution in [1.82, 2.24) is 0 Å². The molecule has 0 aliphatic heterocycles. The molecule has 0 rings (SSSR count). The van der Waals surface area contributed by atoms with E-state index in [1.165, 1.54) is 6.92 Å². The van der Waals surface area contributed by atoms with E-state index < -0.39 is 11.7 Å².